The number of hydrogen-bond acceptors (Lipinski definition) is 6. The maximum Gasteiger partial charge on any atom is 0.261 e. The average molecular weight is 413 g/mol. The van der Waals surface area contributed by atoms with E-state index in [0.717, 1.165) is 15.5 Å². The van der Waals surface area contributed by atoms with E-state index in [9.17, 15) is 14.4 Å². The van der Waals surface area contributed by atoms with E-state index in [0.29, 0.717) is 10.2 Å². The molecule has 0 spiro atoms. The Bertz CT molecular complexity index is 1110. The molecule has 7 nitrogen and oxygen atoms in total. The molecule has 0 saturated heterocycles. The molecule has 2 aromatic carbocycles. The van der Waals surface area contributed by atoms with Crippen molar-refractivity contribution in [3.05, 3.63) is 74.7 Å². The Balaban J connectivity index is 1.56. The van der Waals surface area contributed by atoms with Gasteiger partial charge in [-0.15, -0.1) is 10.2 Å². The molecule has 0 unspecified atom stereocenters. The Morgan fingerprint density at radius 2 is 1.79 bits per heavy atom. The van der Waals surface area contributed by atoms with Crippen molar-refractivity contribution in [2.24, 2.45) is 0 Å². The molecule has 3 aromatic rings. The van der Waals surface area contributed by atoms with Crippen molar-refractivity contribution >= 4 is 45.8 Å². The number of amides is 3. The van der Waals surface area contributed by atoms with Crippen molar-refractivity contribution in [2.45, 2.75) is 13.5 Å². The molecule has 9 heteroatoms. The summed E-state index contributed by atoms with van der Waals surface area (Å²) in [5.74, 6) is -1.24. The second kappa shape index (κ2) is 7.14. The molecular weight excluding hydrogens is 400 g/mol. The zero-order valence-electron chi connectivity index (χ0n) is 14.6. The van der Waals surface area contributed by atoms with Gasteiger partial charge in [0.2, 0.25) is 5.13 Å². The molecule has 1 N–H and O–H groups in total. The third-order valence-electron chi connectivity index (χ3n) is 4.23. The van der Waals surface area contributed by atoms with E-state index in [1.54, 1.807) is 31.2 Å². The largest absolute Gasteiger partial charge is 0.296 e. The van der Waals surface area contributed by atoms with Crippen LogP contribution >= 0.6 is 22.9 Å². The molecule has 0 saturated carbocycles. The van der Waals surface area contributed by atoms with Gasteiger partial charge >= 0.3 is 0 Å². The minimum atomic E-state index is -0.434. The Morgan fingerprint density at radius 1 is 1.07 bits per heavy atom. The molecule has 0 fully saturated rings. The van der Waals surface area contributed by atoms with Crippen molar-refractivity contribution in [2.75, 3.05) is 5.32 Å². The number of anilines is 1. The number of benzene rings is 2. The quantitative estimate of drug-likeness (QED) is 0.661. The smallest absolute Gasteiger partial charge is 0.261 e. The van der Waals surface area contributed by atoms with E-state index >= 15 is 0 Å². The molecule has 4 rings (SSSR count). The summed E-state index contributed by atoms with van der Waals surface area (Å²) in [5.41, 5.74) is 1.53. The van der Waals surface area contributed by atoms with E-state index < -0.39 is 11.8 Å². The molecule has 0 bridgehead atoms. The van der Waals surface area contributed by atoms with Gasteiger partial charge < -0.3 is 0 Å². The first-order valence-electron chi connectivity index (χ1n) is 8.28. The Morgan fingerprint density at radius 3 is 2.46 bits per heavy atom. The Labute approximate surface area is 169 Å². The van der Waals surface area contributed by atoms with Crippen LogP contribution in [0.2, 0.25) is 5.02 Å². The number of hydrogen-bond donors (Lipinski definition) is 1. The van der Waals surface area contributed by atoms with Crippen LogP contribution in [0.3, 0.4) is 0 Å². The minimum absolute atomic E-state index is 0.134. The molecule has 28 heavy (non-hydrogen) atoms. The molecule has 0 radical (unpaired) electrons. The lowest BCUT2D eigenvalue weighted by atomic mass is 10.1. The van der Waals surface area contributed by atoms with Gasteiger partial charge in [0.1, 0.15) is 5.01 Å². The number of rotatable bonds is 4. The van der Waals surface area contributed by atoms with Crippen molar-refractivity contribution in [1.82, 2.24) is 15.1 Å². The highest BCUT2D eigenvalue weighted by atomic mass is 35.5. The van der Waals surface area contributed by atoms with Crippen LogP contribution in [0.25, 0.3) is 0 Å². The van der Waals surface area contributed by atoms with Gasteiger partial charge in [-0.1, -0.05) is 35.1 Å². The van der Waals surface area contributed by atoms with Crippen LogP contribution in [-0.2, 0) is 6.54 Å². The van der Waals surface area contributed by atoms with E-state index in [1.165, 1.54) is 29.5 Å². The molecule has 1 aliphatic heterocycles. The summed E-state index contributed by atoms with van der Waals surface area (Å²) in [6.07, 6.45) is 0. The van der Waals surface area contributed by atoms with Crippen LogP contribution in [-0.4, -0.2) is 32.8 Å². The summed E-state index contributed by atoms with van der Waals surface area (Å²) in [6.45, 7) is 1.91. The first-order valence-corrected chi connectivity index (χ1v) is 9.48. The molecule has 1 aliphatic rings. The van der Waals surface area contributed by atoms with Gasteiger partial charge in [-0.25, -0.2) is 0 Å². The molecule has 2 heterocycles. The Kier molecular flexibility index (Phi) is 4.66. The van der Waals surface area contributed by atoms with Gasteiger partial charge in [0.25, 0.3) is 17.7 Å². The molecule has 0 aliphatic carbocycles. The highest BCUT2D eigenvalue weighted by molar-refractivity contribution is 7.15. The van der Waals surface area contributed by atoms with Gasteiger partial charge in [0.05, 0.1) is 17.7 Å². The summed E-state index contributed by atoms with van der Waals surface area (Å²) in [5, 5.41) is 12.0. The topological polar surface area (TPSA) is 92.3 Å². The van der Waals surface area contributed by atoms with Gasteiger partial charge in [0.15, 0.2) is 0 Å². The maximum atomic E-state index is 12.7. The first kappa shape index (κ1) is 18.3. The van der Waals surface area contributed by atoms with Crippen LogP contribution < -0.4 is 5.32 Å². The lowest BCUT2D eigenvalue weighted by Gasteiger charge is -2.13. The average Bonchev–Trinajstić information content (AvgIpc) is 3.19. The number of aryl methyl sites for hydroxylation is 1. The highest BCUT2D eigenvalue weighted by Crippen LogP contribution is 2.26. The lowest BCUT2D eigenvalue weighted by molar-refractivity contribution is 0.0642. The van der Waals surface area contributed by atoms with Gasteiger partial charge in [-0.05, 0) is 42.8 Å². The van der Waals surface area contributed by atoms with E-state index in [2.05, 4.69) is 15.5 Å². The molecule has 140 valence electrons. The van der Waals surface area contributed by atoms with E-state index in [4.69, 9.17) is 11.6 Å². The fourth-order valence-electron chi connectivity index (χ4n) is 2.86. The van der Waals surface area contributed by atoms with Gasteiger partial charge in [-0.3, -0.25) is 24.6 Å². The molecule has 1 aromatic heterocycles. The number of nitrogens with zero attached hydrogens (tertiary/aromatic N) is 3. The number of halogens is 1. The predicted octanol–water partition coefficient (Wildman–Crippen LogP) is 3.55. The third-order valence-corrected chi connectivity index (χ3v) is 5.24. The van der Waals surface area contributed by atoms with Crippen LogP contribution in [0.5, 0.6) is 0 Å². The summed E-state index contributed by atoms with van der Waals surface area (Å²) in [4.78, 5) is 38.9. The summed E-state index contributed by atoms with van der Waals surface area (Å²) < 4.78 is 0. The maximum absolute atomic E-state index is 12.7. The normalized spacial score (nSPS) is 13.0. The number of carbonyl (C=O) groups excluding carboxylic acids is 3. The Hall–Kier alpha value is -3.10. The van der Waals surface area contributed by atoms with Gasteiger partial charge in [-0.2, -0.15) is 0 Å². The molecule has 3 amide bonds. The SMILES string of the molecule is Cc1nnc(NC(=O)c2ccc3c(c2)C(=O)N(Cc2ccc(Cl)cc2)C3=O)s1. The van der Waals surface area contributed by atoms with Crippen molar-refractivity contribution < 1.29 is 14.4 Å². The van der Waals surface area contributed by atoms with Crippen LogP contribution in [0.15, 0.2) is 42.5 Å². The summed E-state index contributed by atoms with van der Waals surface area (Å²) in [6, 6.07) is 11.4. The van der Waals surface area contributed by atoms with Crippen LogP contribution in [0.4, 0.5) is 5.13 Å². The van der Waals surface area contributed by atoms with Crippen molar-refractivity contribution in [1.29, 1.82) is 0 Å². The van der Waals surface area contributed by atoms with E-state index in [1.807, 2.05) is 0 Å². The zero-order valence-corrected chi connectivity index (χ0v) is 16.2. The van der Waals surface area contributed by atoms with E-state index in [-0.39, 0.29) is 29.1 Å². The number of imide groups is 1. The van der Waals surface area contributed by atoms with Crippen LogP contribution in [0, 0.1) is 6.92 Å². The fourth-order valence-corrected chi connectivity index (χ4v) is 3.58. The second-order valence-corrected chi connectivity index (χ2v) is 7.78. The number of carbonyl (C=O) groups is 3. The summed E-state index contributed by atoms with van der Waals surface area (Å²) >= 11 is 7.12. The van der Waals surface area contributed by atoms with Crippen molar-refractivity contribution in [3.63, 3.8) is 0 Å². The molecule has 0 atom stereocenters. The molecular formula is C19H13ClN4O3S. The standard InChI is InChI=1S/C19H13ClN4O3S/c1-10-22-23-19(28-10)21-16(25)12-4-7-14-15(8-12)18(27)24(17(14)26)9-11-2-5-13(20)6-3-11/h2-8H,9H2,1H3,(H,21,23,25). The zero-order chi connectivity index (χ0) is 19.8. The van der Waals surface area contributed by atoms with Gasteiger partial charge in [0, 0.05) is 10.6 Å². The number of fused-ring (bicyclic) bond motifs is 1. The second-order valence-electron chi connectivity index (χ2n) is 6.16. The van der Waals surface area contributed by atoms with Crippen LogP contribution in [0.1, 0.15) is 41.6 Å². The number of aromatic nitrogens is 2. The monoisotopic (exact) mass is 412 g/mol. The lowest BCUT2D eigenvalue weighted by Crippen LogP contribution is -2.29. The third kappa shape index (κ3) is 3.39. The first-order chi connectivity index (χ1) is 13.4. The highest BCUT2D eigenvalue weighted by Gasteiger charge is 2.36. The minimum Gasteiger partial charge on any atom is -0.296 e. The van der Waals surface area contributed by atoms with Crippen molar-refractivity contribution in [3.8, 4) is 0 Å². The fraction of sp³-hybridized carbons (Fsp3) is 0.105. The number of nitrogens with one attached hydrogen (secondary N) is 1. The predicted molar refractivity (Wildman–Crippen MR) is 105 cm³/mol. The summed E-state index contributed by atoms with van der Waals surface area (Å²) in [7, 11) is 0.